The van der Waals surface area contributed by atoms with E-state index in [1.54, 1.807) is 13.2 Å². The first-order valence-electron chi connectivity index (χ1n) is 6.77. The molecule has 0 bridgehead atoms. The van der Waals surface area contributed by atoms with Gasteiger partial charge in [0.25, 0.3) is 0 Å². The van der Waals surface area contributed by atoms with Crippen LogP contribution >= 0.6 is 34.8 Å². The largest absolute Gasteiger partial charge is 0.496 e. The van der Waals surface area contributed by atoms with Crippen molar-refractivity contribution >= 4 is 57.6 Å². The zero-order chi connectivity index (χ0) is 16.7. The van der Waals surface area contributed by atoms with E-state index in [4.69, 9.17) is 17.0 Å². The normalized spacial score (nSPS) is 10.3. The van der Waals surface area contributed by atoms with Crippen molar-refractivity contribution in [3.8, 4) is 5.75 Å². The molecule has 0 radical (unpaired) electrons. The lowest BCUT2D eigenvalue weighted by Crippen LogP contribution is -2.32. The molecule has 0 saturated carbocycles. The van der Waals surface area contributed by atoms with Gasteiger partial charge in [-0.3, -0.25) is 10.1 Å². The van der Waals surface area contributed by atoms with Crippen LogP contribution in [0.15, 0.2) is 54.6 Å². The van der Waals surface area contributed by atoms with Crippen molar-refractivity contribution in [1.82, 2.24) is 5.32 Å². The Labute approximate surface area is 154 Å². The van der Waals surface area contributed by atoms with Crippen LogP contribution < -0.4 is 15.4 Å². The van der Waals surface area contributed by atoms with Crippen LogP contribution in [0, 0.1) is 3.57 Å². The maximum Gasteiger partial charge on any atom is 0.250 e. The molecule has 0 atom stereocenters. The fourth-order valence-corrected chi connectivity index (χ4v) is 2.40. The minimum absolute atomic E-state index is 0.251. The number of para-hydroxylation sites is 1. The number of hydrogen-bond donors (Lipinski definition) is 2. The molecule has 118 valence electrons. The van der Waals surface area contributed by atoms with E-state index in [1.165, 1.54) is 6.08 Å². The monoisotopic (exact) mass is 438 g/mol. The van der Waals surface area contributed by atoms with Gasteiger partial charge in [0, 0.05) is 20.9 Å². The highest BCUT2D eigenvalue weighted by Crippen LogP contribution is 2.18. The molecule has 2 aromatic rings. The molecule has 2 N–H and O–H groups in total. The lowest BCUT2D eigenvalue weighted by molar-refractivity contribution is -0.115. The molecular formula is C17H15IN2O2S. The number of carbonyl (C=O) groups is 1. The van der Waals surface area contributed by atoms with Gasteiger partial charge >= 0.3 is 0 Å². The Morgan fingerprint density at radius 2 is 1.87 bits per heavy atom. The standard InChI is InChI=1S/C17H15IN2O2S/c1-22-15-5-3-2-4-12(15)6-11-16(21)20-17(23)19-14-9-7-13(18)8-10-14/h2-11H,1H3,(H2,19,20,21,23)/b11-6+. The highest BCUT2D eigenvalue weighted by Gasteiger charge is 2.03. The zero-order valence-electron chi connectivity index (χ0n) is 12.4. The highest BCUT2D eigenvalue weighted by molar-refractivity contribution is 14.1. The van der Waals surface area contributed by atoms with E-state index in [2.05, 4.69) is 33.2 Å². The van der Waals surface area contributed by atoms with E-state index in [1.807, 2.05) is 48.5 Å². The number of halogens is 1. The SMILES string of the molecule is COc1ccccc1/C=C/C(=O)NC(=S)Nc1ccc(I)cc1. The van der Waals surface area contributed by atoms with Crippen LogP contribution in [0.5, 0.6) is 5.75 Å². The lowest BCUT2D eigenvalue weighted by Gasteiger charge is -2.08. The molecule has 4 nitrogen and oxygen atoms in total. The average Bonchev–Trinajstić information content (AvgIpc) is 2.55. The Balaban J connectivity index is 1.92. The minimum atomic E-state index is -0.307. The smallest absolute Gasteiger partial charge is 0.250 e. The van der Waals surface area contributed by atoms with Gasteiger partial charge in [0.05, 0.1) is 7.11 Å². The molecule has 6 heteroatoms. The molecule has 2 aromatic carbocycles. The molecule has 0 aliphatic heterocycles. The number of rotatable bonds is 4. The summed E-state index contributed by atoms with van der Waals surface area (Å²) in [5, 5.41) is 5.81. The fourth-order valence-electron chi connectivity index (χ4n) is 1.82. The van der Waals surface area contributed by atoms with Gasteiger partial charge in [0.2, 0.25) is 5.91 Å². The summed E-state index contributed by atoms with van der Waals surface area (Å²) in [7, 11) is 1.59. The van der Waals surface area contributed by atoms with Gasteiger partial charge in [-0.15, -0.1) is 0 Å². The highest BCUT2D eigenvalue weighted by atomic mass is 127. The van der Waals surface area contributed by atoms with E-state index in [9.17, 15) is 4.79 Å². The Morgan fingerprint density at radius 1 is 1.17 bits per heavy atom. The van der Waals surface area contributed by atoms with Crippen molar-refractivity contribution < 1.29 is 9.53 Å². The molecule has 0 aliphatic carbocycles. The molecule has 1 amide bonds. The number of anilines is 1. The number of methoxy groups -OCH3 is 1. The van der Waals surface area contributed by atoms with Gasteiger partial charge in [-0.25, -0.2) is 0 Å². The zero-order valence-corrected chi connectivity index (χ0v) is 15.4. The molecule has 0 unspecified atom stereocenters. The number of thiocarbonyl (C=S) groups is 1. The molecule has 0 heterocycles. The number of nitrogens with one attached hydrogen (secondary N) is 2. The Morgan fingerprint density at radius 3 is 2.57 bits per heavy atom. The van der Waals surface area contributed by atoms with Gasteiger partial charge in [-0.2, -0.15) is 0 Å². The van der Waals surface area contributed by atoms with Gasteiger partial charge < -0.3 is 10.1 Å². The van der Waals surface area contributed by atoms with Crippen molar-refractivity contribution in [2.24, 2.45) is 0 Å². The van der Waals surface area contributed by atoms with Crippen LogP contribution in [0.25, 0.3) is 6.08 Å². The number of benzene rings is 2. The van der Waals surface area contributed by atoms with Crippen molar-refractivity contribution in [2.75, 3.05) is 12.4 Å². The third kappa shape index (κ3) is 5.65. The van der Waals surface area contributed by atoms with Crippen molar-refractivity contribution in [1.29, 1.82) is 0 Å². The van der Waals surface area contributed by atoms with Crippen LogP contribution in [0.2, 0.25) is 0 Å². The van der Waals surface area contributed by atoms with Crippen LogP contribution in [0.4, 0.5) is 5.69 Å². The Bertz CT molecular complexity index is 730. The summed E-state index contributed by atoms with van der Waals surface area (Å²) in [4.78, 5) is 11.9. The van der Waals surface area contributed by atoms with Gasteiger partial charge in [0.1, 0.15) is 5.75 Å². The molecule has 2 rings (SSSR count). The van der Waals surface area contributed by atoms with Gasteiger partial charge in [-0.05, 0) is 71.2 Å². The van der Waals surface area contributed by atoms with Gasteiger partial charge in [-0.1, -0.05) is 18.2 Å². The third-order valence-corrected chi connectivity index (χ3v) is 3.82. The predicted molar refractivity (Wildman–Crippen MR) is 106 cm³/mol. The number of carbonyl (C=O) groups excluding carboxylic acids is 1. The van der Waals surface area contributed by atoms with Crippen LogP contribution in [-0.4, -0.2) is 18.1 Å². The van der Waals surface area contributed by atoms with Crippen molar-refractivity contribution in [2.45, 2.75) is 0 Å². The number of hydrogen-bond acceptors (Lipinski definition) is 3. The molecule has 0 saturated heterocycles. The summed E-state index contributed by atoms with van der Waals surface area (Å²) < 4.78 is 6.35. The molecule has 0 spiro atoms. The maximum atomic E-state index is 11.9. The van der Waals surface area contributed by atoms with E-state index < -0.39 is 0 Å². The van der Waals surface area contributed by atoms with Crippen LogP contribution in [0.1, 0.15) is 5.56 Å². The second kappa shape index (κ2) is 8.64. The summed E-state index contributed by atoms with van der Waals surface area (Å²) in [6.07, 6.45) is 3.10. The second-order valence-corrected chi connectivity index (χ2v) is 6.18. The van der Waals surface area contributed by atoms with E-state index in [0.717, 1.165) is 14.8 Å². The summed E-state index contributed by atoms with van der Waals surface area (Å²) >= 11 is 7.34. The van der Waals surface area contributed by atoms with Crippen LogP contribution in [0.3, 0.4) is 0 Å². The van der Waals surface area contributed by atoms with Crippen LogP contribution in [-0.2, 0) is 4.79 Å². The van der Waals surface area contributed by atoms with E-state index in [0.29, 0.717) is 5.75 Å². The quantitative estimate of drug-likeness (QED) is 0.433. The Hall–Kier alpha value is -1.93. The average molecular weight is 438 g/mol. The topological polar surface area (TPSA) is 50.4 Å². The summed E-state index contributed by atoms with van der Waals surface area (Å²) in [5.74, 6) is 0.398. The van der Waals surface area contributed by atoms with Crippen molar-refractivity contribution in [3.05, 3.63) is 63.7 Å². The minimum Gasteiger partial charge on any atom is -0.496 e. The first-order valence-corrected chi connectivity index (χ1v) is 8.26. The summed E-state index contributed by atoms with van der Waals surface area (Å²) in [6, 6.07) is 15.1. The van der Waals surface area contributed by atoms with Gasteiger partial charge in [0.15, 0.2) is 5.11 Å². The molecular weight excluding hydrogens is 423 g/mol. The van der Waals surface area contributed by atoms with E-state index in [-0.39, 0.29) is 11.0 Å². The molecule has 23 heavy (non-hydrogen) atoms. The number of amides is 1. The predicted octanol–water partition coefficient (Wildman–Crippen LogP) is 3.83. The Kier molecular flexibility index (Phi) is 6.54. The molecule has 0 fully saturated rings. The number of ether oxygens (including phenoxy) is 1. The third-order valence-electron chi connectivity index (χ3n) is 2.89. The van der Waals surface area contributed by atoms with E-state index >= 15 is 0 Å². The fraction of sp³-hybridized carbons (Fsp3) is 0.0588. The first-order chi connectivity index (χ1) is 11.1. The lowest BCUT2D eigenvalue weighted by atomic mass is 10.2. The summed E-state index contributed by atoms with van der Waals surface area (Å²) in [6.45, 7) is 0. The maximum absolute atomic E-state index is 11.9. The molecule has 0 aliphatic rings. The van der Waals surface area contributed by atoms with Crippen molar-refractivity contribution in [3.63, 3.8) is 0 Å². The second-order valence-electron chi connectivity index (χ2n) is 4.53. The summed E-state index contributed by atoms with van der Waals surface area (Å²) in [5.41, 5.74) is 1.64. The molecule has 0 aromatic heterocycles. The first kappa shape index (κ1) is 17.4.